The van der Waals surface area contributed by atoms with Gasteiger partial charge in [0.2, 0.25) is 5.24 Å². The highest BCUT2D eigenvalue weighted by atomic mass is 35.5. The van der Waals surface area contributed by atoms with Gasteiger partial charge in [0.1, 0.15) is 0 Å². The molecule has 0 fully saturated rings. The highest BCUT2D eigenvalue weighted by molar-refractivity contribution is 6.64. The third-order valence-corrected chi connectivity index (χ3v) is 2.64. The van der Waals surface area contributed by atoms with Gasteiger partial charge in [0.15, 0.2) is 0 Å². The molecule has 0 saturated heterocycles. The van der Waals surface area contributed by atoms with Gasteiger partial charge < -0.3 is 0 Å². The number of carbonyl (C=O) groups is 1. The molecule has 1 aromatic carbocycles. The fourth-order valence-electron chi connectivity index (χ4n) is 1.39. The van der Waals surface area contributed by atoms with E-state index in [0.717, 1.165) is 18.4 Å². The number of rotatable bonds is 4. The molecule has 0 aliphatic rings. The van der Waals surface area contributed by atoms with E-state index >= 15 is 0 Å². The molecule has 1 unspecified atom stereocenters. The monoisotopic (exact) mass is 230 g/mol. The van der Waals surface area contributed by atoms with Gasteiger partial charge >= 0.3 is 0 Å². The lowest BCUT2D eigenvalue weighted by Crippen LogP contribution is -2.06. The van der Waals surface area contributed by atoms with Crippen molar-refractivity contribution in [3.05, 3.63) is 34.9 Å². The lowest BCUT2D eigenvalue weighted by Gasteiger charge is -2.11. The van der Waals surface area contributed by atoms with Crippen LogP contribution in [0.5, 0.6) is 0 Å². The molecule has 0 aliphatic carbocycles. The Morgan fingerprint density at radius 1 is 1.36 bits per heavy atom. The molecule has 0 amide bonds. The molecular formula is C11H12Cl2O. The number of halogens is 2. The topological polar surface area (TPSA) is 17.1 Å². The van der Waals surface area contributed by atoms with E-state index in [1.54, 1.807) is 12.1 Å². The Morgan fingerprint density at radius 3 is 2.36 bits per heavy atom. The molecule has 0 heterocycles. The standard InChI is InChI=1S/C11H12Cl2O/c1-2-3-10(11(13)14)8-4-6-9(12)7-5-8/h4-7,10H,2-3H2,1H3. The Labute approximate surface area is 94.0 Å². The van der Waals surface area contributed by atoms with E-state index < -0.39 is 0 Å². The normalized spacial score (nSPS) is 12.5. The van der Waals surface area contributed by atoms with Gasteiger partial charge in [-0.25, -0.2) is 0 Å². The summed E-state index contributed by atoms with van der Waals surface area (Å²) in [5.74, 6) is -0.195. The Bertz CT molecular complexity index is 306. The van der Waals surface area contributed by atoms with Crippen LogP contribution in [0.15, 0.2) is 24.3 Å². The molecule has 0 saturated carbocycles. The summed E-state index contributed by atoms with van der Waals surface area (Å²) in [4.78, 5) is 11.2. The van der Waals surface area contributed by atoms with Crippen molar-refractivity contribution in [3.63, 3.8) is 0 Å². The van der Waals surface area contributed by atoms with E-state index in [1.165, 1.54) is 0 Å². The van der Waals surface area contributed by atoms with Crippen molar-refractivity contribution in [2.75, 3.05) is 0 Å². The zero-order valence-electron chi connectivity index (χ0n) is 7.97. The van der Waals surface area contributed by atoms with Crippen molar-refractivity contribution in [2.45, 2.75) is 25.7 Å². The summed E-state index contributed by atoms with van der Waals surface area (Å²) >= 11 is 11.3. The summed E-state index contributed by atoms with van der Waals surface area (Å²) in [6.07, 6.45) is 1.72. The third kappa shape index (κ3) is 3.00. The predicted octanol–water partition coefficient (Wildman–Crippen LogP) is 3.99. The molecule has 1 aromatic rings. The lowest BCUT2D eigenvalue weighted by molar-refractivity contribution is -0.113. The molecule has 0 N–H and O–H groups in total. The number of hydrogen-bond donors (Lipinski definition) is 0. The van der Waals surface area contributed by atoms with Crippen LogP contribution >= 0.6 is 23.2 Å². The third-order valence-electron chi connectivity index (χ3n) is 2.12. The van der Waals surface area contributed by atoms with Gasteiger partial charge in [-0.05, 0) is 35.7 Å². The molecule has 0 bridgehead atoms. The molecule has 1 atom stereocenters. The number of hydrogen-bond acceptors (Lipinski definition) is 1. The molecule has 1 nitrogen and oxygen atoms in total. The fourth-order valence-corrected chi connectivity index (χ4v) is 1.76. The van der Waals surface area contributed by atoms with Gasteiger partial charge in [0.25, 0.3) is 0 Å². The maximum atomic E-state index is 11.2. The van der Waals surface area contributed by atoms with E-state index in [0.29, 0.717) is 5.02 Å². The number of carbonyl (C=O) groups excluding carboxylic acids is 1. The Hall–Kier alpha value is -0.530. The van der Waals surface area contributed by atoms with Gasteiger partial charge in [0, 0.05) is 5.02 Å². The summed E-state index contributed by atoms with van der Waals surface area (Å²) < 4.78 is 0. The minimum Gasteiger partial charge on any atom is -0.281 e. The van der Waals surface area contributed by atoms with E-state index in [4.69, 9.17) is 23.2 Å². The lowest BCUT2D eigenvalue weighted by atomic mass is 9.96. The molecule has 0 aliphatic heterocycles. The van der Waals surface area contributed by atoms with E-state index in [9.17, 15) is 4.79 Å². The second-order valence-electron chi connectivity index (χ2n) is 3.20. The van der Waals surface area contributed by atoms with Crippen LogP contribution in [0, 0.1) is 0 Å². The second kappa shape index (κ2) is 5.38. The van der Waals surface area contributed by atoms with Crippen LogP contribution in [-0.4, -0.2) is 5.24 Å². The molecule has 3 heteroatoms. The van der Waals surface area contributed by atoms with Crippen LogP contribution in [0.1, 0.15) is 31.2 Å². The molecule has 0 spiro atoms. The van der Waals surface area contributed by atoms with E-state index in [2.05, 4.69) is 0 Å². The molecule has 14 heavy (non-hydrogen) atoms. The van der Waals surface area contributed by atoms with Crippen LogP contribution in [0.25, 0.3) is 0 Å². The Kier molecular flexibility index (Phi) is 4.43. The van der Waals surface area contributed by atoms with Crippen molar-refractivity contribution in [2.24, 2.45) is 0 Å². The number of benzene rings is 1. The zero-order valence-corrected chi connectivity index (χ0v) is 9.48. The fraction of sp³-hybridized carbons (Fsp3) is 0.364. The summed E-state index contributed by atoms with van der Waals surface area (Å²) in [6, 6.07) is 7.25. The highest BCUT2D eigenvalue weighted by Crippen LogP contribution is 2.25. The predicted molar refractivity (Wildman–Crippen MR) is 60.0 cm³/mol. The van der Waals surface area contributed by atoms with Crippen LogP contribution in [0.2, 0.25) is 5.02 Å². The summed E-state index contributed by atoms with van der Waals surface area (Å²) in [6.45, 7) is 2.03. The van der Waals surface area contributed by atoms with Crippen LogP contribution in [-0.2, 0) is 4.79 Å². The minimum absolute atomic E-state index is 0.195. The Balaban J connectivity index is 2.87. The molecule has 0 aromatic heterocycles. The maximum absolute atomic E-state index is 11.2. The quantitative estimate of drug-likeness (QED) is 0.716. The van der Waals surface area contributed by atoms with Crippen LogP contribution < -0.4 is 0 Å². The van der Waals surface area contributed by atoms with Crippen molar-refractivity contribution in [3.8, 4) is 0 Å². The van der Waals surface area contributed by atoms with Gasteiger partial charge in [-0.3, -0.25) is 4.79 Å². The van der Waals surface area contributed by atoms with Crippen molar-refractivity contribution >= 4 is 28.4 Å². The average Bonchev–Trinajstić information content (AvgIpc) is 2.15. The molecule has 1 rings (SSSR count). The van der Waals surface area contributed by atoms with Crippen LogP contribution in [0.3, 0.4) is 0 Å². The highest BCUT2D eigenvalue weighted by Gasteiger charge is 2.17. The molecular weight excluding hydrogens is 219 g/mol. The first kappa shape index (κ1) is 11.5. The average molecular weight is 231 g/mol. The van der Waals surface area contributed by atoms with Gasteiger partial charge in [0.05, 0.1) is 5.92 Å². The minimum atomic E-state index is -0.297. The zero-order chi connectivity index (χ0) is 10.6. The van der Waals surface area contributed by atoms with Crippen molar-refractivity contribution in [1.82, 2.24) is 0 Å². The largest absolute Gasteiger partial charge is 0.281 e. The van der Waals surface area contributed by atoms with Gasteiger partial charge in [-0.15, -0.1) is 0 Å². The summed E-state index contributed by atoms with van der Waals surface area (Å²) in [5.41, 5.74) is 0.941. The molecule has 76 valence electrons. The summed E-state index contributed by atoms with van der Waals surface area (Å²) in [5, 5.41) is 0.375. The first-order valence-electron chi connectivity index (χ1n) is 4.60. The van der Waals surface area contributed by atoms with Gasteiger partial charge in [-0.2, -0.15) is 0 Å². The second-order valence-corrected chi connectivity index (χ2v) is 4.01. The molecule has 0 radical (unpaired) electrons. The Morgan fingerprint density at radius 2 is 1.93 bits per heavy atom. The van der Waals surface area contributed by atoms with E-state index in [1.807, 2.05) is 19.1 Å². The maximum Gasteiger partial charge on any atom is 0.229 e. The van der Waals surface area contributed by atoms with Crippen molar-refractivity contribution in [1.29, 1.82) is 0 Å². The van der Waals surface area contributed by atoms with E-state index in [-0.39, 0.29) is 11.2 Å². The van der Waals surface area contributed by atoms with Crippen molar-refractivity contribution < 1.29 is 4.79 Å². The van der Waals surface area contributed by atoms with Crippen LogP contribution in [0.4, 0.5) is 0 Å². The summed E-state index contributed by atoms with van der Waals surface area (Å²) in [7, 11) is 0. The smallest absolute Gasteiger partial charge is 0.229 e. The first-order chi connectivity index (χ1) is 6.65. The SMILES string of the molecule is CCCC(C(=O)Cl)c1ccc(Cl)cc1. The van der Waals surface area contributed by atoms with Gasteiger partial charge in [-0.1, -0.05) is 37.1 Å². The first-order valence-corrected chi connectivity index (χ1v) is 5.35.